The summed E-state index contributed by atoms with van der Waals surface area (Å²) in [7, 11) is 0. The van der Waals surface area contributed by atoms with Crippen LogP contribution in [0.2, 0.25) is 0 Å². The minimum absolute atomic E-state index is 0.0559. The number of rotatable bonds is 3. The number of pyridine rings is 1. The van der Waals surface area contributed by atoms with E-state index in [4.69, 9.17) is 9.94 Å². The van der Waals surface area contributed by atoms with Gasteiger partial charge >= 0.3 is 0 Å². The molecule has 1 amide bonds. The first-order valence-electron chi connectivity index (χ1n) is 9.92. The number of hydrogen-bond acceptors (Lipinski definition) is 6. The van der Waals surface area contributed by atoms with Crippen molar-refractivity contribution in [1.29, 1.82) is 0 Å². The summed E-state index contributed by atoms with van der Waals surface area (Å²) in [5, 5.41) is 19.9. The summed E-state index contributed by atoms with van der Waals surface area (Å²) < 4.78 is 7.11. The maximum absolute atomic E-state index is 13.0. The zero-order valence-electron chi connectivity index (χ0n) is 15.9. The van der Waals surface area contributed by atoms with Crippen molar-refractivity contribution >= 4 is 11.6 Å². The van der Waals surface area contributed by atoms with E-state index < -0.39 is 5.56 Å². The first-order valence-corrected chi connectivity index (χ1v) is 9.92. The standard InChI is InChI=1S/C21H22N3O5/c25-20(9-13-1-4-19-15(7-13)5-6-29-19)22-10-14-8-16(12-22)17-2-3-18(24(27)28)21(26)23(17)11-14/h1-4,7,14,16,27H,5-6,8-12H2/q-1/t14-,16+/m1/s1. The van der Waals surface area contributed by atoms with Gasteiger partial charge < -0.3 is 24.6 Å². The molecule has 0 saturated carbocycles. The number of amides is 1. The van der Waals surface area contributed by atoms with Crippen molar-refractivity contribution < 1.29 is 14.7 Å². The number of piperidine rings is 1. The van der Waals surface area contributed by atoms with Crippen LogP contribution in [0.15, 0.2) is 35.1 Å². The van der Waals surface area contributed by atoms with E-state index in [1.807, 2.05) is 17.0 Å². The molecule has 8 nitrogen and oxygen atoms in total. The first-order chi connectivity index (χ1) is 14.0. The Morgan fingerprint density at radius 3 is 2.93 bits per heavy atom. The predicted octanol–water partition coefficient (Wildman–Crippen LogP) is 1.66. The minimum Gasteiger partial charge on any atom is -0.733 e. The van der Waals surface area contributed by atoms with Crippen molar-refractivity contribution in [2.75, 3.05) is 24.9 Å². The molecule has 8 heteroatoms. The maximum Gasteiger partial charge on any atom is 0.275 e. The third kappa shape index (κ3) is 3.18. The molecule has 5 rings (SSSR count). The van der Waals surface area contributed by atoms with Crippen molar-refractivity contribution in [1.82, 2.24) is 9.47 Å². The number of benzene rings is 1. The number of nitrogens with zero attached hydrogens (tertiary/aromatic N) is 3. The number of aromatic nitrogens is 1. The molecule has 3 aliphatic rings. The molecule has 2 aromatic rings. The van der Waals surface area contributed by atoms with E-state index in [1.54, 1.807) is 10.6 Å². The fourth-order valence-electron chi connectivity index (χ4n) is 4.92. The lowest BCUT2D eigenvalue weighted by Crippen LogP contribution is -2.49. The topological polar surface area (TPSA) is 98.1 Å². The van der Waals surface area contributed by atoms with E-state index >= 15 is 0 Å². The largest absolute Gasteiger partial charge is 0.733 e. The van der Waals surface area contributed by atoms with Crippen LogP contribution in [0.4, 0.5) is 5.69 Å². The van der Waals surface area contributed by atoms with Gasteiger partial charge in [0.1, 0.15) is 11.4 Å². The Morgan fingerprint density at radius 1 is 1.24 bits per heavy atom. The molecule has 0 spiro atoms. The number of anilines is 1. The fraction of sp³-hybridized carbons (Fsp3) is 0.429. The van der Waals surface area contributed by atoms with Crippen LogP contribution >= 0.6 is 0 Å². The Hall–Kier alpha value is -2.84. The van der Waals surface area contributed by atoms with Crippen molar-refractivity contribution in [2.45, 2.75) is 31.7 Å². The number of likely N-dealkylation sites (tertiary alicyclic amines) is 1. The van der Waals surface area contributed by atoms with Gasteiger partial charge in [-0.2, -0.15) is 0 Å². The lowest BCUT2D eigenvalue weighted by molar-refractivity contribution is -0.133. The van der Waals surface area contributed by atoms with Crippen LogP contribution < -0.4 is 15.5 Å². The van der Waals surface area contributed by atoms with Crippen LogP contribution in [0.1, 0.15) is 29.2 Å². The van der Waals surface area contributed by atoms with Gasteiger partial charge in [-0.05, 0) is 41.7 Å². The third-order valence-corrected chi connectivity index (χ3v) is 6.25. The SMILES string of the molecule is O=C(Cc1ccc2c(c1)CCO2)N1C[C@H]2C[C@@H](C1)c1ccc(N([O-])O)c(=O)n1C2. The zero-order valence-corrected chi connectivity index (χ0v) is 15.9. The quantitative estimate of drug-likeness (QED) is 0.793. The number of carbonyl (C=O) groups excluding carboxylic acids is 1. The molecule has 1 aromatic heterocycles. The van der Waals surface area contributed by atoms with Gasteiger partial charge in [0, 0.05) is 37.7 Å². The van der Waals surface area contributed by atoms with Crippen LogP contribution in [0, 0.1) is 11.1 Å². The summed E-state index contributed by atoms with van der Waals surface area (Å²) in [4.78, 5) is 27.4. The first kappa shape index (κ1) is 18.2. The van der Waals surface area contributed by atoms with Gasteiger partial charge in [-0.15, -0.1) is 0 Å². The van der Waals surface area contributed by atoms with Crippen LogP contribution in [-0.4, -0.2) is 40.3 Å². The number of ether oxygens (including phenoxy) is 1. The summed E-state index contributed by atoms with van der Waals surface area (Å²) in [5.41, 5.74) is 2.22. The Morgan fingerprint density at radius 2 is 2.10 bits per heavy atom. The molecular weight excluding hydrogens is 374 g/mol. The molecule has 29 heavy (non-hydrogen) atoms. The van der Waals surface area contributed by atoms with Gasteiger partial charge in [0.25, 0.3) is 5.56 Å². The van der Waals surface area contributed by atoms with E-state index in [0.717, 1.165) is 35.4 Å². The van der Waals surface area contributed by atoms with E-state index in [-0.39, 0.29) is 28.7 Å². The molecule has 0 unspecified atom stereocenters. The summed E-state index contributed by atoms with van der Waals surface area (Å²) in [6.07, 6.45) is 2.15. The molecule has 1 aromatic carbocycles. The van der Waals surface area contributed by atoms with Gasteiger partial charge in [-0.25, -0.2) is 0 Å². The monoisotopic (exact) mass is 396 g/mol. The molecule has 152 valence electrons. The summed E-state index contributed by atoms with van der Waals surface area (Å²) in [6, 6.07) is 9.02. The second-order valence-corrected chi connectivity index (χ2v) is 8.15. The van der Waals surface area contributed by atoms with Gasteiger partial charge in [0.15, 0.2) is 0 Å². The van der Waals surface area contributed by atoms with Crippen LogP contribution in [-0.2, 0) is 24.2 Å². The molecule has 1 N–H and O–H groups in total. The molecule has 2 atom stereocenters. The van der Waals surface area contributed by atoms with Crippen molar-refractivity contribution in [3.63, 3.8) is 0 Å². The highest BCUT2D eigenvalue weighted by molar-refractivity contribution is 5.79. The van der Waals surface area contributed by atoms with E-state index in [1.165, 1.54) is 6.07 Å². The molecule has 0 radical (unpaired) electrons. The zero-order chi connectivity index (χ0) is 20.1. The second kappa shape index (κ2) is 6.89. The smallest absolute Gasteiger partial charge is 0.275 e. The Balaban J connectivity index is 1.35. The van der Waals surface area contributed by atoms with Crippen LogP contribution in [0.25, 0.3) is 0 Å². The third-order valence-electron chi connectivity index (χ3n) is 6.25. The van der Waals surface area contributed by atoms with Gasteiger partial charge in [-0.3, -0.25) is 14.8 Å². The Kier molecular flexibility index (Phi) is 4.33. The minimum atomic E-state index is -0.477. The van der Waals surface area contributed by atoms with E-state index in [9.17, 15) is 14.8 Å². The number of fused-ring (bicyclic) bond motifs is 5. The van der Waals surface area contributed by atoms with E-state index in [2.05, 4.69) is 6.07 Å². The highest BCUT2D eigenvalue weighted by Crippen LogP contribution is 2.36. The average molecular weight is 396 g/mol. The molecule has 0 aliphatic carbocycles. The molecule has 3 aliphatic heterocycles. The summed E-state index contributed by atoms with van der Waals surface area (Å²) in [6.45, 7) is 2.30. The lowest BCUT2D eigenvalue weighted by Gasteiger charge is -2.43. The second-order valence-electron chi connectivity index (χ2n) is 8.15. The normalized spacial score (nSPS) is 21.9. The van der Waals surface area contributed by atoms with Crippen molar-refractivity contribution in [2.24, 2.45) is 5.92 Å². The number of carbonyl (C=O) groups is 1. The van der Waals surface area contributed by atoms with Crippen LogP contribution in [0.3, 0.4) is 0 Å². The van der Waals surface area contributed by atoms with Gasteiger partial charge in [0.05, 0.1) is 13.0 Å². The molecule has 2 bridgehead atoms. The Labute approximate surface area is 167 Å². The van der Waals surface area contributed by atoms with Gasteiger partial charge in [-0.1, -0.05) is 12.1 Å². The predicted molar refractivity (Wildman–Crippen MR) is 105 cm³/mol. The average Bonchev–Trinajstić information content (AvgIpc) is 3.16. The molecule has 4 heterocycles. The van der Waals surface area contributed by atoms with Gasteiger partial charge in [0.2, 0.25) is 5.91 Å². The highest BCUT2D eigenvalue weighted by atomic mass is 16.8. The summed E-state index contributed by atoms with van der Waals surface area (Å²) >= 11 is 0. The fourth-order valence-corrected chi connectivity index (χ4v) is 4.92. The van der Waals surface area contributed by atoms with Crippen molar-refractivity contribution in [3.8, 4) is 5.75 Å². The molecule has 1 fully saturated rings. The van der Waals surface area contributed by atoms with Crippen molar-refractivity contribution in [3.05, 3.63) is 62.7 Å². The van der Waals surface area contributed by atoms with Crippen LogP contribution in [0.5, 0.6) is 5.75 Å². The molecular formula is C21H22N3O5-. The number of hydrogen-bond donors (Lipinski definition) is 1. The lowest BCUT2D eigenvalue weighted by atomic mass is 9.83. The highest BCUT2D eigenvalue weighted by Gasteiger charge is 2.36. The Bertz CT molecular complexity index is 1030. The summed E-state index contributed by atoms with van der Waals surface area (Å²) in [5.74, 6) is 1.22. The maximum atomic E-state index is 13.0. The van der Waals surface area contributed by atoms with E-state index in [0.29, 0.717) is 32.7 Å². The molecule has 1 saturated heterocycles.